The van der Waals surface area contributed by atoms with Gasteiger partial charge in [0.05, 0.1) is 6.42 Å². The summed E-state index contributed by atoms with van der Waals surface area (Å²) >= 11 is 6.27. The number of hydrogen-bond donors (Lipinski definition) is 17. The number of aliphatic imine (C=N–C) groups is 1. The molecule has 22 N–H and O–H groups in total. The second kappa shape index (κ2) is 38.9. The van der Waals surface area contributed by atoms with E-state index in [1.54, 1.807) is 68.6 Å². The van der Waals surface area contributed by atoms with Gasteiger partial charge < -0.3 is 86.0 Å². The summed E-state index contributed by atoms with van der Waals surface area (Å²) in [5.41, 5.74) is 26.7. The Bertz CT molecular complexity index is 3900. The highest BCUT2D eigenvalue weighted by Crippen LogP contribution is 2.24. The van der Waals surface area contributed by atoms with Crippen molar-refractivity contribution in [1.29, 1.82) is 0 Å². The predicted octanol–water partition coefficient (Wildman–Crippen LogP) is -1.62. The molecular formula is C70H94ClN19O13. The molecule has 2 fully saturated rings. The van der Waals surface area contributed by atoms with Gasteiger partial charge in [-0.3, -0.25) is 72.7 Å². The van der Waals surface area contributed by atoms with Gasteiger partial charge in [-0.25, -0.2) is 5.84 Å². The molecule has 2 aliphatic rings. The van der Waals surface area contributed by atoms with Crippen LogP contribution in [0.15, 0.2) is 102 Å². The van der Waals surface area contributed by atoms with Gasteiger partial charge in [0.1, 0.15) is 60.4 Å². The molecule has 0 saturated carbocycles. The third-order valence-corrected chi connectivity index (χ3v) is 17.9. The lowest BCUT2D eigenvalue weighted by Gasteiger charge is -2.31. The number of para-hydroxylation sites is 1. The van der Waals surface area contributed by atoms with Gasteiger partial charge in [0, 0.05) is 80.9 Å². The van der Waals surface area contributed by atoms with E-state index in [1.807, 2.05) is 47.9 Å². The number of hydrogen-bond acceptors (Lipinski definition) is 16. The first kappa shape index (κ1) is 79.6. The quantitative estimate of drug-likeness (QED) is 0.00668. The molecule has 2 aliphatic heterocycles. The van der Waals surface area contributed by atoms with Gasteiger partial charge in [0.15, 0.2) is 5.96 Å². The van der Waals surface area contributed by atoms with Crippen LogP contribution in [0.3, 0.4) is 0 Å². The van der Waals surface area contributed by atoms with Crippen LogP contribution in [0.2, 0.25) is 5.02 Å². The number of halogens is 1. The molecule has 1 unspecified atom stereocenters. The zero-order valence-electron chi connectivity index (χ0n) is 57.8. The monoisotopic (exact) mass is 1440 g/mol. The van der Waals surface area contributed by atoms with Gasteiger partial charge in [-0.15, -0.1) is 0 Å². The lowest BCUT2D eigenvalue weighted by molar-refractivity contribution is -0.142. The molecule has 13 amide bonds. The fourth-order valence-corrected chi connectivity index (χ4v) is 12.4. The number of likely N-dealkylation sites (tertiary alicyclic amines) is 1. The fourth-order valence-electron chi connectivity index (χ4n) is 12.3. The second-order valence-electron chi connectivity index (χ2n) is 26.1. The molecule has 3 heterocycles. The molecule has 10 atom stereocenters. The van der Waals surface area contributed by atoms with Gasteiger partial charge in [0.25, 0.3) is 0 Å². The van der Waals surface area contributed by atoms with Crippen LogP contribution in [-0.2, 0) is 81.6 Å². The van der Waals surface area contributed by atoms with Crippen LogP contribution >= 0.6 is 11.6 Å². The Hall–Kier alpha value is -10.7. The topological polar surface area (TPSA) is 516 Å². The van der Waals surface area contributed by atoms with Crippen LogP contribution in [0.1, 0.15) is 108 Å². The van der Waals surface area contributed by atoms with Gasteiger partial charge in [-0.2, -0.15) is 0 Å². The normalized spacial score (nSPS) is 19.2. The number of primary amides is 1. The molecule has 5 aromatic rings. The van der Waals surface area contributed by atoms with E-state index in [1.165, 1.54) is 11.8 Å². The number of fused-ring (bicyclic) bond motifs is 2. The molecule has 554 valence electrons. The molecule has 0 radical (unpaired) electrons. The van der Waals surface area contributed by atoms with E-state index in [9.17, 15) is 52.7 Å². The van der Waals surface area contributed by atoms with Crippen molar-refractivity contribution in [2.24, 2.45) is 39.7 Å². The Labute approximate surface area is 600 Å². The van der Waals surface area contributed by atoms with Gasteiger partial charge in [0.2, 0.25) is 76.8 Å². The molecule has 2 saturated heterocycles. The molecule has 0 bridgehead atoms. The number of H-pyrrole nitrogens is 1. The number of carbonyl (C=O) groups is 13. The number of hydrazine groups is 1. The Kier molecular flexibility index (Phi) is 30.1. The predicted molar refractivity (Wildman–Crippen MR) is 383 cm³/mol. The third kappa shape index (κ3) is 24.2. The van der Waals surface area contributed by atoms with Crippen molar-refractivity contribution in [2.45, 2.75) is 171 Å². The summed E-state index contributed by atoms with van der Waals surface area (Å²) in [5.74, 6) is -5.81. The summed E-state index contributed by atoms with van der Waals surface area (Å²) in [4.78, 5) is 192. The average molecular weight is 1450 g/mol. The molecule has 7 rings (SSSR count). The number of rotatable bonds is 28. The number of aromatic nitrogens is 1. The first-order valence-corrected chi connectivity index (χ1v) is 34.7. The van der Waals surface area contributed by atoms with Gasteiger partial charge in [-0.1, -0.05) is 98.2 Å². The zero-order valence-corrected chi connectivity index (χ0v) is 58.5. The smallest absolute Gasteiger partial charge is 0.245 e. The molecule has 33 heteroatoms. The molecule has 4 aromatic carbocycles. The zero-order chi connectivity index (χ0) is 74.9. The van der Waals surface area contributed by atoms with Crippen molar-refractivity contribution in [1.82, 2.24) is 68.5 Å². The van der Waals surface area contributed by atoms with Crippen LogP contribution in [0.5, 0.6) is 0 Å². The van der Waals surface area contributed by atoms with E-state index in [0.717, 1.165) is 10.8 Å². The second-order valence-corrected chi connectivity index (χ2v) is 26.5. The minimum atomic E-state index is -1.89. The third-order valence-electron chi connectivity index (χ3n) is 17.7. The minimum absolute atomic E-state index is 0.00627. The number of carbonyl (C=O) groups excluding carboxylic acids is 13. The maximum Gasteiger partial charge on any atom is 0.245 e. The Morgan fingerprint density at radius 3 is 1.96 bits per heavy atom. The number of benzene rings is 4. The van der Waals surface area contributed by atoms with E-state index in [0.29, 0.717) is 39.0 Å². The van der Waals surface area contributed by atoms with E-state index in [-0.39, 0.29) is 102 Å². The van der Waals surface area contributed by atoms with Crippen LogP contribution in [0, 0.1) is 5.92 Å². The molecule has 0 spiro atoms. The first-order chi connectivity index (χ1) is 49.2. The highest BCUT2D eigenvalue weighted by atomic mass is 35.5. The summed E-state index contributed by atoms with van der Waals surface area (Å²) in [6.07, 6.45) is 0.443. The van der Waals surface area contributed by atoms with Crippen LogP contribution in [-0.4, -0.2) is 179 Å². The lowest BCUT2D eigenvalue weighted by Crippen LogP contribution is -2.61. The van der Waals surface area contributed by atoms with Crippen LogP contribution in [0.4, 0.5) is 0 Å². The van der Waals surface area contributed by atoms with Crippen LogP contribution < -0.4 is 87.4 Å². The van der Waals surface area contributed by atoms with Crippen molar-refractivity contribution in [3.05, 3.63) is 119 Å². The lowest BCUT2D eigenvalue weighted by atomic mass is 9.99. The standard InChI is InChI=1S/C70H94ClN19O13/c1-38(2)30-51-63(97)83-50(69(103)90-29-11-18-57(90)68(102)88-56(36-72)60(73)94)16-8-9-27-77-58(92)26-25-49(62(96)81-48(61(95)84-51)17-10-28-78-70(74)75)82-67(101)55(35-59(93)89-76)87-66(100)54(34-44-37-79-47-15-7-6-14-46(44)47)86-65(99)53(32-40-20-23-45(71)24-21-40)85-64(98)52(80-39(3)91)33-41-19-22-42-12-4-5-13-43(42)31-41/h4-7,12-15,19-24,31,37-38,48-57,79H,8-11,16-18,25-30,32-36,72,76H2,1-3H3,(H2,73,94)(H,77,92)(H,80,91)(H,81,96)(H,82,101)(H,83,97)(H,84,95)(H,85,98)(H,86,99)(H,87,100)(H,88,102)(H,89,93)(H4,74,75,78)/t48-,49+,50+,51+,52-,53-,54-,55+,56?,57+/m1/s1. The summed E-state index contributed by atoms with van der Waals surface area (Å²) in [6, 6.07) is 12.5. The van der Waals surface area contributed by atoms with E-state index in [4.69, 9.17) is 40.4 Å². The van der Waals surface area contributed by atoms with Gasteiger partial charge >= 0.3 is 0 Å². The highest BCUT2D eigenvalue weighted by molar-refractivity contribution is 6.30. The highest BCUT2D eigenvalue weighted by Gasteiger charge is 2.41. The first-order valence-electron chi connectivity index (χ1n) is 34.3. The molecule has 0 aliphatic carbocycles. The number of aromatic amines is 1. The Balaban J connectivity index is 1.17. The largest absolute Gasteiger partial charge is 0.370 e. The minimum Gasteiger partial charge on any atom is -0.370 e. The summed E-state index contributed by atoms with van der Waals surface area (Å²) in [7, 11) is 0. The number of amides is 13. The van der Waals surface area contributed by atoms with Crippen LogP contribution in [0.25, 0.3) is 21.7 Å². The number of nitrogens with one attached hydrogen (secondary N) is 12. The Morgan fingerprint density at radius 1 is 0.660 bits per heavy atom. The average Bonchev–Trinajstić information content (AvgIpc) is 1.80. The molecule has 103 heavy (non-hydrogen) atoms. The van der Waals surface area contributed by atoms with E-state index >= 15 is 9.59 Å². The van der Waals surface area contributed by atoms with Crippen molar-refractivity contribution < 1.29 is 62.3 Å². The van der Waals surface area contributed by atoms with Crippen molar-refractivity contribution in [3.63, 3.8) is 0 Å². The molecule has 1 aromatic heterocycles. The van der Waals surface area contributed by atoms with E-state index in [2.05, 4.69) is 63.1 Å². The fraction of sp³-hybridized carbons (Fsp3) is 0.457. The summed E-state index contributed by atoms with van der Waals surface area (Å²) in [5, 5.41) is 29.7. The number of guanidine groups is 1. The van der Waals surface area contributed by atoms with Crippen molar-refractivity contribution in [2.75, 3.05) is 26.2 Å². The van der Waals surface area contributed by atoms with Crippen molar-refractivity contribution >= 4 is 116 Å². The van der Waals surface area contributed by atoms with E-state index < -0.39 is 156 Å². The van der Waals surface area contributed by atoms with Crippen molar-refractivity contribution in [3.8, 4) is 0 Å². The maximum absolute atomic E-state index is 15.2. The molecular weight excluding hydrogens is 1350 g/mol. The SMILES string of the molecule is CC(=O)N[C@H](Cc1ccc2ccccc2c1)C(=O)N[C@H](Cc1ccc(Cl)cc1)C(=O)N[C@H](Cc1c[nH]c2ccccc12)C(=O)N[C@@H](CC(=O)NN)C(=O)N[C@H]1CCC(=O)NCCCC[C@@H](C(=O)N2CCC[C@H]2C(=O)NC(CN)C(N)=O)NC(=O)[C@H](CC(C)C)NC(=O)[C@@H](CCCN=C(N)N)NC1=O. The number of nitrogens with zero attached hydrogens (tertiary/aromatic N) is 2. The maximum atomic E-state index is 15.2. The Morgan fingerprint density at radius 2 is 1.29 bits per heavy atom. The molecule has 32 nitrogen and oxygen atoms in total. The number of nitrogens with two attached hydrogens (primary N) is 5. The van der Waals surface area contributed by atoms with Gasteiger partial charge in [-0.05, 0) is 109 Å². The summed E-state index contributed by atoms with van der Waals surface area (Å²) < 4.78 is 0. The summed E-state index contributed by atoms with van der Waals surface area (Å²) in [6.45, 7) is 4.64.